The topological polar surface area (TPSA) is 29.3 Å². The predicted molar refractivity (Wildman–Crippen MR) is 74.3 cm³/mol. The average molecular weight is 232 g/mol. The van der Waals surface area contributed by atoms with Crippen LogP contribution in [0.4, 0.5) is 5.69 Å². The normalized spacial score (nSPS) is 17.5. The Balaban J connectivity index is 2.14. The van der Waals surface area contributed by atoms with E-state index in [1.54, 1.807) is 0 Å². The fourth-order valence-electron chi connectivity index (χ4n) is 2.72. The Hall–Kier alpha value is -1.02. The standard InChI is InChI=1S/C15H24N2/c1-3-13-6-8-17(9-7-13)15-10-12(2)4-5-14(15)11-16/h4-5,10,13H,3,6-9,11,16H2,1-2H3. The summed E-state index contributed by atoms with van der Waals surface area (Å²) in [7, 11) is 0. The second-order valence-corrected chi connectivity index (χ2v) is 5.17. The number of nitrogens with two attached hydrogens (primary N) is 1. The lowest BCUT2D eigenvalue weighted by Crippen LogP contribution is -2.34. The molecule has 2 rings (SSSR count). The van der Waals surface area contributed by atoms with Crippen molar-refractivity contribution < 1.29 is 0 Å². The number of piperidine rings is 1. The van der Waals surface area contributed by atoms with E-state index in [1.807, 2.05) is 0 Å². The van der Waals surface area contributed by atoms with E-state index in [0.29, 0.717) is 6.54 Å². The average Bonchev–Trinajstić information content (AvgIpc) is 2.39. The van der Waals surface area contributed by atoms with Crippen molar-refractivity contribution in [3.8, 4) is 0 Å². The smallest absolute Gasteiger partial charge is 0.0414 e. The molecule has 0 aromatic heterocycles. The van der Waals surface area contributed by atoms with Gasteiger partial charge in [0, 0.05) is 25.3 Å². The Labute approximate surface area is 105 Å². The van der Waals surface area contributed by atoms with Crippen molar-refractivity contribution in [2.75, 3.05) is 18.0 Å². The molecule has 1 aromatic rings. The highest BCUT2D eigenvalue weighted by atomic mass is 15.1. The number of nitrogens with zero attached hydrogens (tertiary/aromatic N) is 1. The van der Waals surface area contributed by atoms with Crippen LogP contribution in [0.1, 0.15) is 37.3 Å². The zero-order valence-electron chi connectivity index (χ0n) is 11.1. The van der Waals surface area contributed by atoms with Crippen LogP contribution < -0.4 is 10.6 Å². The van der Waals surface area contributed by atoms with Crippen LogP contribution in [-0.2, 0) is 6.54 Å². The SMILES string of the molecule is CCC1CCN(c2cc(C)ccc2CN)CC1. The Morgan fingerprint density at radius 2 is 2.00 bits per heavy atom. The molecule has 94 valence electrons. The largest absolute Gasteiger partial charge is 0.371 e. The minimum atomic E-state index is 0.642. The summed E-state index contributed by atoms with van der Waals surface area (Å²) in [6, 6.07) is 6.62. The van der Waals surface area contributed by atoms with Crippen LogP contribution in [0, 0.1) is 12.8 Å². The fraction of sp³-hybridized carbons (Fsp3) is 0.600. The van der Waals surface area contributed by atoms with Crippen LogP contribution in [0.5, 0.6) is 0 Å². The molecule has 1 heterocycles. The molecular formula is C15H24N2. The van der Waals surface area contributed by atoms with Gasteiger partial charge in [-0.15, -0.1) is 0 Å². The number of hydrogen-bond donors (Lipinski definition) is 1. The van der Waals surface area contributed by atoms with Gasteiger partial charge in [0.25, 0.3) is 0 Å². The van der Waals surface area contributed by atoms with Crippen LogP contribution in [0.15, 0.2) is 18.2 Å². The third kappa shape index (κ3) is 2.81. The molecule has 0 spiro atoms. The Kier molecular flexibility index (Phi) is 4.06. The summed E-state index contributed by atoms with van der Waals surface area (Å²) < 4.78 is 0. The van der Waals surface area contributed by atoms with Crippen LogP contribution in [0.3, 0.4) is 0 Å². The molecule has 1 aliphatic heterocycles. The molecule has 1 aliphatic rings. The number of anilines is 1. The van der Waals surface area contributed by atoms with E-state index in [1.165, 1.54) is 49.2 Å². The van der Waals surface area contributed by atoms with E-state index in [4.69, 9.17) is 5.73 Å². The second-order valence-electron chi connectivity index (χ2n) is 5.17. The highest BCUT2D eigenvalue weighted by Gasteiger charge is 2.19. The lowest BCUT2D eigenvalue weighted by molar-refractivity contribution is 0.395. The summed E-state index contributed by atoms with van der Waals surface area (Å²) in [6.45, 7) is 7.48. The summed E-state index contributed by atoms with van der Waals surface area (Å²) in [6.07, 6.45) is 3.98. The van der Waals surface area contributed by atoms with Crippen molar-refractivity contribution in [3.63, 3.8) is 0 Å². The molecule has 0 aliphatic carbocycles. The molecule has 0 unspecified atom stereocenters. The summed E-state index contributed by atoms with van der Waals surface area (Å²) >= 11 is 0. The van der Waals surface area contributed by atoms with Crippen molar-refractivity contribution in [3.05, 3.63) is 29.3 Å². The molecule has 0 saturated carbocycles. The Bertz CT molecular complexity index is 365. The first-order chi connectivity index (χ1) is 8.24. The van der Waals surface area contributed by atoms with Gasteiger partial charge in [0.1, 0.15) is 0 Å². The van der Waals surface area contributed by atoms with Gasteiger partial charge in [-0.25, -0.2) is 0 Å². The van der Waals surface area contributed by atoms with Crippen LogP contribution in [0.25, 0.3) is 0 Å². The van der Waals surface area contributed by atoms with E-state index >= 15 is 0 Å². The van der Waals surface area contributed by atoms with Gasteiger partial charge in [-0.1, -0.05) is 25.5 Å². The number of rotatable bonds is 3. The van der Waals surface area contributed by atoms with Gasteiger partial charge >= 0.3 is 0 Å². The minimum Gasteiger partial charge on any atom is -0.371 e. The van der Waals surface area contributed by atoms with Gasteiger partial charge in [0.2, 0.25) is 0 Å². The Morgan fingerprint density at radius 3 is 2.59 bits per heavy atom. The summed E-state index contributed by atoms with van der Waals surface area (Å²) in [5.74, 6) is 0.928. The molecule has 0 bridgehead atoms. The Morgan fingerprint density at radius 1 is 1.29 bits per heavy atom. The molecule has 17 heavy (non-hydrogen) atoms. The second kappa shape index (κ2) is 5.54. The molecule has 1 saturated heterocycles. The van der Waals surface area contributed by atoms with Crippen molar-refractivity contribution in [2.45, 2.75) is 39.7 Å². The minimum absolute atomic E-state index is 0.642. The molecule has 2 N–H and O–H groups in total. The van der Waals surface area contributed by atoms with E-state index in [2.05, 4.69) is 36.9 Å². The predicted octanol–water partition coefficient (Wildman–Crippen LogP) is 3.08. The van der Waals surface area contributed by atoms with Gasteiger partial charge in [-0.05, 0) is 42.9 Å². The zero-order valence-corrected chi connectivity index (χ0v) is 11.1. The number of benzene rings is 1. The molecule has 0 amide bonds. The first-order valence-corrected chi connectivity index (χ1v) is 6.79. The molecule has 2 nitrogen and oxygen atoms in total. The first-order valence-electron chi connectivity index (χ1n) is 6.79. The van der Waals surface area contributed by atoms with Crippen LogP contribution in [0.2, 0.25) is 0 Å². The number of aryl methyl sites for hydroxylation is 1. The summed E-state index contributed by atoms with van der Waals surface area (Å²) in [5, 5.41) is 0. The van der Waals surface area contributed by atoms with Crippen molar-refractivity contribution in [1.82, 2.24) is 0 Å². The van der Waals surface area contributed by atoms with Crippen molar-refractivity contribution >= 4 is 5.69 Å². The molecule has 1 fully saturated rings. The van der Waals surface area contributed by atoms with Gasteiger partial charge in [0.05, 0.1) is 0 Å². The van der Waals surface area contributed by atoms with E-state index in [-0.39, 0.29) is 0 Å². The third-order valence-corrected chi connectivity index (χ3v) is 3.99. The van der Waals surface area contributed by atoms with Crippen molar-refractivity contribution in [2.24, 2.45) is 11.7 Å². The maximum Gasteiger partial charge on any atom is 0.0414 e. The molecule has 0 atom stereocenters. The van der Waals surface area contributed by atoms with Crippen LogP contribution in [-0.4, -0.2) is 13.1 Å². The third-order valence-electron chi connectivity index (χ3n) is 3.99. The van der Waals surface area contributed by atoms with E-state index in [9.17, 15) is 0 Å². The molecule has 0 radical (unpaired) electrons. The maximum atomic E-state index is 5.83. The molecule has 2 heteroatoms. The van der Waals surface area contributed by atoms with Crippen molar-refractivity contribution in [1.29, 1.82) is 0 Å². The van der Waals surface area contributed by atoms with E-state index < -0.39 is 0 Å². The first kappa shape index (κ1) is 12.4. The number of hydrogen-bond acceptors (Lipinski definition) is 2. The highest BCUT2D eigenvalue weighted by Crippen LogP contribution is 2.28. The lowest BCUT2D eigenvalue weighted by Gasteiger charge is -2.34. The van der Waals surface area contributed by atoms with Gasteiger partial charge < -0.3 is 10.6 Å². The quantitative estimate of drug-likeness (QED) is 0.867. The summed E-state index contributed by atoms with van der Waals surface area (Å²) in [5.41, 5.74) is 9.81. The van der Waals surface area contributed by atoms with E-state index in [0.717, 1.165) is 5.92 Å². The fourth-order valence-corrected chi connectivity index (χ4v) is 2.72. The lowest BCUT2D eigenvalue weighted by atomic mass is 9.93. The molecule has 1 aromatic carbocycles. The van der Waals surface area contributed by atoms with Crippen LogP contribution >= 0.6 is 0 Å². The van der Waals surface area contributed by atoms with Gasteiger partial charge in [0.15, 0.2) is 0 Å². The zero-order chi connectivity index (χ0) is 12.3. The maximum absolute atomic E-state index is 5.83. The summed E-state index contributed by atoms with van der Waals surface area (Å²) in [4.78, 5) is 2.52. The molecular weight excluding hydrogens is 208 g/mol. The van der Waals surface area contributed by atoms with Gasteiger partial charge in [-0.2, -0.15) is 0 Å². The highest BCUT2D eigenvalue weighted by molar-refractivity contribution is 5.55. The monoisotopic (exact) mass is 232 g/mol. The van der Waals surface area contributed by atoms with Gasteiger partial charge in [-0.3, -0.25) is 0 Å².